The van der Waals surface area contributed by atoms with Gasteiger partial charge in [0.15, 0.2) is 0 Å². The van der Waals surface area contributed by atoms with Gasteiger partial charge in [-0.3, -0.25) is 9.69 Å². The zero-order chi connectivity index (χ0) is 14.9. The van der Waals surface area contributed by atoms with Crippen molar-refractivity contribution in [2.45, 2.75) is 25.4 Å². The molecule has 3 rings (SSSR count). The highest BCUT2D eigenvalue weighted by Crippen LogP contribution is 2.26. The lowest BCUT2D eigenvalue weighted by molar-refractivity contribution is -0.144. The Labute approximate surface area is 123 Å². The monoisotopic (exact) mass is 286 g/mol. The largest absolute Gasteiger partial charge is 0.481 e. The summed E-state index contributed by atoms with van der Waals surface area (Å²) in [5, 5.41) is 17.7. The molecule has 1 unspecified atom stereocenters. The molecular formula is C15H18N4O2. The van der Waals surface area contributed by atoms with Gasteiger partial charge in [0.05, 0.1) is 6.54 Å². The van der Waals surface area contributed by atoms with E-state index in [4.69, 9.17) is 0 Å². The van der Waals surface area contributed by atoms with Crippen LogP contribution in [0.25, 0.3) is 0 Å². The summed E-state index contributed by atoms with van der Waals surface area (Å²) in [7, 11) is 0. The molecule has 1 N–H and O–H groups in total. The number of carbonyl (C=O) groups is 1. The molecule has 6 nitrogen and oxygen atoms in total. The lowest BCUT2D eigenvalue weighted by Crippen LogP contribution is -2.47. The van der Waals surface area contributed by atoms with Crippen LogP contribution in [0.15, 0.2) is 36.7 Å². The summed E-state index contributed by atoms with van der Waals surface area (Å²) >= 11 is 0. The van der Waals surface area contributed by atoms with E-state index in [1.54, 1.807) is 13.3 Å². The number of carboxylic acids is 1. The van der Waals surface area contributed by atoms with E-state index in [0.717, 1.165) is 24.5 Å². The van der Waals surface area contributed by atoms with E-state index in [2.05, 4.69) is 15.1 Å². The van der Waals surface area contributed by atoms with Crippen molar-refractivity contribution in [1.82, 2.24) is 19.7 Å². The molecule has 2 heterocycles. The van der Waals surface area contributed by atoms with Gasteiger partial charge in [-0.05, 0) is 12.5 Å². The molecular weight excluding hydrogens is 268 g/mol. The predicted octanol–water partition coefficient (Wildman–Crippen LogP) is 1.14. The minimum atomic E-state index is -0.927. The molecule has 110 valence electrons. The van der Waals surface area contributed by atoms with Crippen LogP contribution in [0.3, 0.4) is 0 Å². The SMILES string of the molecule is CC(CN1CCn2cnnc2C1)(C(=O)O)c1ccccc1. The first kappa shape index (κ1) is 13.8. The van der Waals surface area contributed by atoms with Gasteiger partial charge in [-0.1, -0.05) is 30.3 Å². The maximum atomic E-state index is 11.8. The third-order valence-corrected chi connectivity index (χ3v) is 4.14. The van der Waals surface area contributed by atoms with Crippen LogP contribution in [0.5, 0.6) is 0 Å². The van der Waals surface area contributed by atoms with E-state index in [0.29, 0.717) is 13.1 Å². The molecule has 6 heteroatoms. The summed E-state index contributed by atoms with van der Waals surface area (Å²) in [5.74, 6) is 0.0859. The Morgan fingerprint density at radius 2 is 2.10 bits per heavy atom. The second-order valence-corrected chi connectivity index (χ2v) is 5.65. The Morgan fingerprint density at radius 1 is 1.33 bits per heavy atom. The van der Waals surface area contributed by atoms with E-state index in [1.807, 2.05) is 34.9 Å². The summed E-state index contributed by atoms with van der Waals surface area (Å²) in [6, 6.07) is 9.41. The Hall–Kier alpha value is -2.21. The second kappa shape index (κ2) is 5.29. The molecule has 21 heavy (non-hydrogen) atoms. The second-order valence-electron chi connectivity index (χ2n) is 5.65. The Morgan fingerprint density at radius 3 is 2.81 bits per heavy atom. The number of benzene rings is 1. The van der Waals surface area contributed by atoms with Crippen LogP contribution in [0.1, 0.15) is 18.3 Å². The molecule has 0 spiro atoms. The maximum absolute atomic E-state index is 11.8. The first-order valence-electron chi connectivity index (χ1n) is 6.97. The third-order valence-electron chi connectivity index (χ3n) is 4.14. The van der Waals surface area contributed by atoms with Crippen molar-refractivity contribution in [2.75, 3.05) is 13.1 Å². The lowest BCUT2D eigenvalue weighted by Gasteiger charge is -2.34. The highest BCUT2D eigenvalue weighted by Gasteiger charge is 2.37. The van der Waals surface area contributed by atoms with Crippen LogP contribution in [0.4, 0.5) is 0 Å². The van der Waals surface area contributed by atoms with Crippen molar-refractivity contribution < 1.29 is 9.90 Å². The first-order chi connectivity index (χ1) is 10.1. The fourth-order valence-corrected chi connectivity index (χ4v) is 2.79. The van der Waals surface area contributed by atoms with E-state index in [1.165, 1.54) is 0 Å². The number of aromatic nitrogens is 3. The number of hydrogen-bond donors (Lipinski definition) is 1. The quantitative estimate of drug-likeness (QED) is 0.912. The van der Waals surface area contributed by atoms with E-state index in [-0.39, 0.29) is 0 Å². The Kier molecular flexibility index (Phi) is 3.47. The number of hydrogen-bond acceptors (Lipinski definition) is 4. The van der Waals surface area contributed by atoms with Crippen molar-refractivity contribution in [1.29, 1.82) is 0 Å². The van der Waals surface area contributed by atoms with Crippen molar-refractivity contribution in [3.63, 3.8) is 0 Å². The van der Waals surface area contributed by atoms with Crippen LogP contribution < -0.4 is 0 Å². The number of nitrogens with zero attached hydrogens (tertiary/aromatic N) is 4. The predicted molar refractivity (Wildman–Crippen MR) is 76.7 cm³/mol. The zero-order valence-corrected chi connectivity index (χ0v) is 11.9. The van der Waals surface area contributed by atoms with Gasteiger partial charge in [-0.2, -0.15) is 0 Å². The van der Waals surface area contributed by atoms with Crippen LogP contribution in [0, 0.1) is 0 Å². The summed E-state index contributed by atoms with van der Waals surface area (Å²) in [6.07, 6.45) is 1.72. The fourth-order valence-electron chi connectivity index (χ4n) is 2.79. The summed E-state index contributed by atoms with van der Waals surface area (Å²) in [6.45, 7) is 4.48. The number of rotatable bonds is 4. The molecule has 0 saturated heterocycles. The topological polar surface area (TPSA) is 71.2 Å². The van der Waals surface area contributed by atoms with Crippen LogP contribution in [-0.4, -0.2) is 43.8 Å². The van der Waals surface area contributed by atoms with Crippen LogP contribution >= 0.6 is 0 Å². The average Bonchev–Trinajstić information content (AvgIpc) is 2.95. The van der Waals surface area contributed by atoms with Gasteiger partial charge < -0.3 is 9.67 Å². The molecule has 0 fully saturated rings. The molecule has 1 aliphatic rings. The highest BCUT2D eigenvalue weighted by atomic mass is 16.4. The normalized spacial score (nSPS) is 18.0. The van der Waals surface area contributed by atoms with Gasteiger partial charge in [0.1, 0.15) is 17.6 Å². The summed E-state index contributed by atoms with van der Waals surface area (Å²) < 4.78 is 2.01. The fraction of sp³-hybridized carbons (Fsp3) is 0.400. The zero-order valence-electron chi connectivity index (χ0n) is 11.9. The molecule has 0 aliphatic carbocycles. The van der Waals surface area contributed by atoms with Gasteiger partial charge >= 0.3 is 5.97 Å². The smallest absolute Gasteiger partial charge is 0.315 e. The van der Waals surface area contributed by atoms with Gasteiger partial charge in [-0.15, -0.1) is 10.2 Å². The molecule has 2 aromatic rings. The summed E-state index contributed by atoms with van der Waals surface area (Å²) in [5.41, 5.74) is -0.103. The first-order valence-corrected chi connectivity index (χ1v) is 6.97. The highest BCUT2D eigenvalue weighted by molar-refractivity contribution is 5.81. The van der Waals surface area contributed by atoms with Crippen LogP contribution in [0.2, 0.25) is 0 Å². The molecule has 1 aromatic heterocycles. The third kappa shape index (κ3) is 2.54. The molecule has 1 aliphatic heterocycles. The molecule has 0 saturated carbocycles. The molecule has 0 bridgehead atoms. The minimum absolute atomic E-state index is 0.458. The van der Waals surface area contributed by atoms with Crippen molar-refractivity contribution in [3.8, 4) is 0 Å². The Balaban J connectivity index is 1.82. The van der Waals surface area contributed by atoms with E-state index in [9.17, 15) is 9.90 Å². The van der Waals surface area contributed by atoms with E-state index >= 15 is 0 Å². The number of aliphatic carboxylic acids is 1. The lowest BCUT2D eigenvalue weighted by atomic mass is 9.82. The molecule has 0 radical (unpaired) electrons. The molecule has 1 atom stereocenters. The van der Waals surface area contributed by atoms with Crippen molar-refractivity contribution in [3.05, 3.63) is 48.0 Å². The number of fused-ring (bicyclic) bond motifs is 1. The van der Waals surface area contributed by atoms with E-state index < -0.39 is 11.4 Å². The average molecular weight is 286 g/mol. The standard InChI is InChI=1S/C15H18N4O2/c1-15(14(20)21,12-5-3-2-4-6-12)10-18-7-8-19-11-16-17-13(19)9-18/h2-6,11H,7-10H2,1H3,(H,20,21). The van der Waals surface area contributed by atoms with Gasteiger partial charge in [0.2, 0.25) is 0 Å². The number of carboxylic acid groups (broad SMARTS) is 1. The Bertz CT molecular complexity index is 640. The van der Waals surface area contributed by atoms with Crippen LogP contribution in [-0.2, 0) is 23.3 Å². The summed E-state index contributed by atoms with van der Waals surface area (Å²) in [4.78, 5) is 14.0. The van der Waals surface area contributed by atoms with Gasteiger partial charge in [-0.25, -0.2) is 0 Å². The molecule has 0 amide bonds. The minimum Gasteiger partial charge on any atom is -0.481 e. The van der Waals surface area contributed by atoms with Crippen molar-refractivity contribution in [2.24, 2.45) is 0 Å². The van der Waals surface area contributed by atoms with Gasteiger partial charge in [0, 0.05) is 19.6 Å². The van der Waals surface area contributed by atoms with Gasteiger partial charge in [0.25, 0.3) is 0 Å². The van der Waals surface area contributed by atoms with Crippen molar-refractivity contribution >= 4 is 5.97 Å². The maximum Gasteiger partial charge on any atom is 0.315 e. The molecule has 1 aromatic carbocycles.